The first-order valence-corrected chi connectivity index (χ1v) is 9.31. The van der Waals surface area contributed by atoms with Crippen molar-refractivity contribution in [1.82, 2.24) is 4.90 Å². The minimum Gasteiger partial charge on any atom is -0.503 e. The molecule has 7 nitrogen and oxygen atoms in total. The largest absolute Gasteiger partial charge is 0.503 e. The van der Waals surface area contributed by atoms with E-state index in [1.54, 1.807) is 6.07 Å². The van der Waals surface area contributed by atoms with Crippen molar-refractivity contribution in [3.05, 3.63) is 51.3 Å². The van der Waals surface area contributed by atoms with Gasteiger partial charge in [-0.05, 0) is 25.3 Å². The molecule has 0 spiro atoms. The highest BCUT2D eigenvalue weighted by atomic mass is 16.6. The molecule has 0 bridgehead atoms. The number of unbranched alkanes of at least 4 members (excludes halogenated alkanes) is 1. The summed E-state index contributed by atoms with van der Waals surface area (Å²) in [4.78, 5) is 37.2. The molecule has 2 unspecified atom stereocenters. The van der Waals surface area contributed by atoms with Crippen LogP contribution in [-0.4, -0.2) is 33.2 Å². The third-order valence-corrected chi connectivity index (χ3v) is 5.11. The summed E-state index contributed by atoms with van der Waals surface area (Å²) in [6, 6.07) is 5.12. The Hall–Kier alpha value is -2.70. The molecule has 0 aliphatic carbocycles. The summed E-state index contributed by atoms with van der Waals surface area (Å²) >= 11 is 0. The number of para-hydroxylation sites is 1. The maximum absolute atomic E-state index is 12.7. The highest BCUT2D eigenvalue weighted by Gasteiger charge is 2.45. The van der Waals surface area contributed by atoms with Crippen molar-refractivity contribution in [3.8, 4) is 0 Å². The first-order chi connectivity index (χ1) is 12.8. The van der Waals surface area contributed by atoms with Crippen LogP contribution in [-0.2, 0) is 9.59 Å². The number of carbonyl (C=O) groups is 2. The summed E-state index contributed by atoms with van der Waals surface area (Å²) in [7, 11) is 0. The van der Waals surface area contributed by atoms with E-state index in [0.29, 0.717) is 6.54 Å². The number of rotatable bonds is 9. The van der Waals surface area contributed by atoms with Crippen molar-refractivity contribution < 1.29 is 19.6 Å². The van der Waals surface area contributed by atoms with E-state index in [-0.39, 0.29) is 22.7 Å². The van der Waals surface area contributed by atoms with Gasteiger partial charge >= 0.3 is 0 Å². The van der Waals surface area contributed by atoms with Crippen LogP contribution in [0.5, 0.6) is 0 Å². The van der Waals surface area contributed by atoms with Crippen LogP contribution >= 0.6 is 0 Å². The average Bonchev–Trinajstić information content (AvgIpc) is 2.89. The third kappa shape index (κ3) is 4.18. The Labute approximate surface area is 158 Å². The van der Waals surface area contributed by atoms with Crippen LogP contribution < -0.4 is 0 Å². The zero-order chi connectivity index (χ0) is 20.1. The number of aliphatic hydroxyl groups is 1. The number of nitro groups is 1. The Morgan fingerprint density at radius 2 is 2.00 bits per heavy atom. The molecule has 0 saturated carbocycles. The van der Waals surface area contributed by atoms with Gasteiger partial charge in [0.25, 0.3) is 11.6 Å². The van der Waals surface area contributed by atoms with Crippen molar-refractivity contribution in [2.24, 2.45) is 5.92 Å². The van der Waals surface area contributed by atoms with Gasteiger partial charge < -0.3 is 10.0 Å². The average molecular weight is 374 g/mol. The molecule has 0 radical (unpaired) electrons. The van der Waals surface area contributed by atoms with Crippen molar-refractivity contribution in [2.75, 3.05) is 6.54 Å². The first-order valence-electron chi connectivity index (χ1n) is 9.31. The fraction of sp³-hybridized carbons (Fsp3) is 0.500. The standard InChI is InChI=1S/C20H26N2O5/c1-4-6-9-14(5-2)12-21-18(17(13(3)23)19(24)20(21)25)15-10-7-8-11-16(15)22(26)27/h7-8,10-11,14,18,24H,4-6,9,12H2,1-3H3. The number of Topliss-reactive ketones (excluding diaryl/α,β-unsaturated/α-hetero) is 1. The summed E-state index contributed by atoms with van der Waals surface area (Å²) < 4.78 is 0. The molecule has 27 heavy (non-hydrogen) atoms. The van der Waals surface area contributed by atoms with E-state index in [2.05, 4.69) is 6.92 Å². The zero-order valence-corrected chi connectivity index (χ0v) is 16.0. The number of nitro benzene ring substituents is 1. The molecule has 1 aromatic rings. The number of hydrogen-bond donors (Lipinski definition) is 1. The number of ketones is 1. The Morgan fingerprint density at radius 3 is 2.56 bits per heavy atom. The van der Waals surface area contributed by atoms with Gasteiger partial charge in [0.15, 0.2) is 11.5 Å². The second-order valence-electron chi connectivity index (χ2n) is 6.91. The molecule has 1 aliphatic heterocycles. The fourth-order valence-electron chi connectivity index (χ4n) is 3.61. The fourth-order valence-corrected chi connectivity index (χ4v) is 3.61. The highest BCUT2D eigenvalue weighted by Crippen LogP contribution is 2.41. The van der Waals surface area contributed by atoms with Crippen LogP contribution in [0.1, 0.15) is 58.1 Å². The lowest BCUT2D eigenvalue weighted by Crippen LogP contribution is -2.35. The van der Waals surface area contributed by atoms with Crippen LogP contribution in [0.25, 0.3) is 0 Å². The van der Waals surface area contributed by atoms with Crippen molar-refractivity contribution >= 4 is 17.4 Å². The number of hydrogen-bond acceptors (Lipinski definition) is 5. The van der Waals surface area contributed by atoms with Gasteiger partial charge in [-0.2, -0.15) is 0 Å². The molecule has 1 heterocycles. The van der Waals surface area contributed by atoms with E-state index >= 15 is 0 Å². The maximum Gasteiger partial charge on any atom is 0.290 e. The molecule has 7 heteroatoms. The van der Waals surface area contributed by atoms with Gasteiger partial charge in [0.1, 0.15) is 0 Å². The molecular formula is C20H26N2O5. The van der Waals surface area contributed by atoms with Crippen molar-refractivity contribution in [2.45, 2.75) is 52.5 Å². The smallest absolute Gasteiger partial charge is 0.290 e. The Bertz CT molecular complexity index is 771. The van der Waals surface area contributed by atoms with Gasteiger partial charge in [-0.15, -0.1) is 0 Å². The number of aliphatic hydroxyl groups excluding tert-OH is 1. The minimum absolute atomic E-state index is 0.0698. The van der Waals surface area contributed by atoms with Crippen LogP contribution in [0.2, 0.25) is 0 Å². The number of nitrogens with zero attached hydrogens (tertiary/aromatic N) is 2. The lowest BCUT2D eigenvalue weighted by Gasteiger charge is -2.30. The summed E-state index contributed by atoms with van der Waals surface area (Å²) in [6.45, 7) is 5.72. The van der Waals surface area contributed by atoms with E-state index in [9.17, 15) is 24.8 Å². The van der Waals surface area contributed by atoms with Crippen LogP contribution in [0.3, 0.4) is 0 Å². The zero-order valence-electron chi connectivity index (χ0n) is 16.0. The van der Waals surface area contributed by atoms with Crippen molar-refractivity contribution in [1.29, 1.82) is 0 Å². The molecular weight excluding hydrogens is 348 g/mol. The molecule has 1 aromatic carbocycles. The predicted octanol–water partition coefficient (Wildman–Crippen LogP) is 4.10. The molecule has 0 aromatic heterocycles. The SMILES string of the molecule is CCCCC(CC)CN1C(=O)C(O)=C(C(C)=O)C1c1ccccc1[N+](=O)[O-]. The van der Waals surface area contributed by atoms with E-state index < -0.39 is 28.4 Å². The lowest BCUT2D eigenvalue weighted by atomic mass is 9.93. The second-order valence-corrected chi connectivity index (χ2v) is 6.91. The van der Waals surface area contributed by atoms with E-state index in [1.807, 2.05) is 6.92 Å². The normalized spacial score (nSPS) is 18.1. The Kier molecular flexibility index (Phi) is 6.71. The molecule has 1 N–H and O–H groups in total. The molecule has 2 rings (SSSR count). The lowest BCUT2D eigenvalue weighted by molar-refractivity contribution is -0.385. The van der Waals surface area contributed by atoms with Gasteiger partial charge in [-0.25, -0.2) is 0 Å². The second kappa shape index (κ2) is 8.79. The Balaban J connectivity index is 2.51. The van der Waals surface area contributed by atoms with Crippen LogP contribution in [0, 0.1) is 16.0 Å². The van der Waals surface area contributed by atoms with Crippen molar-refractivity contribution in [3.63, 3.8) is 0 Å². The van der Waals surface area contributed by atoms with E-state index in [0.717, 1.165) is 25.7 Å². The van der Waals surface area contributed by atoms with Gasteiger partial charge in [-0.1, -0.05) is 45.2 Å². The topological polar surface area (TPSA) is 101 Å². The summed E-state index contributed by atoms with van der Waals surface area (Å²) in [5.74, 6) is -1.51. The Morgan fingerprint density at radius 1 is 1.33 bits per heavy atom. The quantitative estimate of drug-likeness (QED) is 0.518. The molecule has 0 fully saturated rings. The molecule has 2 atom stereocenters. The van der Waals surface area contributed by atoms with E-state index in [1.165, 1.54) is 30.0 Å². The van der Waals surface area contributed by atoms with E-state index in [4.69, 9.17) is 0 Å². The number of carbonyl (C=O) groups excluding carboxylic acids is 2. The molecule has 1 amide bonds. The van der Waals surface area contributed by atoms with Gasteiger partial charge in [0, 0.05) is 12.6 Å². The molecule has 146 valence electrons. The minimum atomic E-state index is -0.938. The molecule has 0 saturated heterocycles. The monoisotopic (exact) mass is 374 g/mol. The van der Waals surface area contributed by atoms with Gasteiger partial charge in [0.2, 0.25) is 0 Å². The summed E-state index contributed by atoms with van der Waals surface area (Å²) in [6.07, 6.45) is 3.79. The van der Waals surface area contributed by atoms with Crippen LogP contribution in [0.15, 0.2) is 35.6 Å². The maximum atomic E-state index is 12.7. The summed E-state index contributed by atoms with van der Waals surface area (Å²) in [5.41, 5.74) is 0.00504. The number of amides is 1. The van der Waals surface area contributed by atoms with Gasteiger partial charge in [-0.3, -0.25) is 19.7 Å². The van der Waals surface area contributed by atoms with Crippen LogP contribution in [0.4, 0.5) is 5.69 Å². The van der Waals surface area contributed by atoms with Gasteiger partial charge in [0.05, 0.1) is 22.1 Å². The number of benzene rings is 1. The first kappa shape index (κ1) is 20.6. The highest BCUT2D eigenvalue weighted by molar-refractivity contribution is 6.08. The third-order valence-electron chi connectivity index (χ3n) is 5.11. The molecule has 1 aliphatic rings. The predicted molar refractivity (Wildman–Crippen MR) is 101 cm³/mol. The summed E-state index contributed by atoms with van der Waals surface area (Å²) in [5, 5.41) is 21.8.